The largest absolute Gasteiger partial charge is 0.481 e. The molecule has 0 heterocycles. The summed E-state index contributed by atoms with van der Waals surface area (Å²) in [6.07, 6.45) is 1.80. The summed E-state index contributed by atoms with van der Waals surface area (Å²) in [6, 6.07) is 13.3. The van der Waals surface area contributed by atoms with Gasteiger partial charge in [-0.2, -0.15) is 0 Å². The molecule has 22 heavy (non-hydrogen) atoms. The van der Waals surface area contributed by atoms with E-state index in [1.807, 2.05) is 36.4 Å². The summed E-state index contributed by atoms with van der Waals surface area (Å²) in [6.45, 7) is 0.475. The van der Waals surface area contributed by atoms with E-state index in [0.29, 0.717) is 18.7 Å². The summed E-state index contributed by atoms with van der Waals surface area (Å²) < 4.78 is 5.33. The lowest BCUT2D eigenvalue weighted by Crippen LogP contribution is -2.27. The first-order valence-corrected chi connectivity index (χ1v) is 7.32. The van der Waals surface area contributed by atoms with Gasteiger partial charge in [-0.05, 0) is 24.3 Å². The maximum Gasteiger partial charge on any atom is 0.412 e. The number of benzene rings is 2. The van der Waals surface area contributed by atoms with Crippen LogP contribution in [0.3, 0.4) is 0 Å². The van der Waals surface area contributed by atoms with Crippen molar-refractivity contribution >= 4 is 22.8 Å². The van der Waals surface area contributed by atoms with Crippen LogP contribution in [0.25, 0.3) is 10.8 Å². The minimum absolute atomic E-state index is 0.167. The standard InChI is InChI=1S/C17H19NO4/c19-16(20)11-2-1-5-12-18-17(21)22-15-10-6-8-13-7-3-4-9-14(13)15/h3-4,6-10H,1-2,5,11-12H2,(H,18,21)(H,19,20). The third kappa shape index (κ3) is 4.77. The Hall–Kier alpha value is -2.56. The quantitative estimate of drug-likeness (QED) is 0.766. The van der Waals surface area contributed by atoms with Crippen molar-refractivity contribution in [3.05, 3.63) is 42.5 Å². The van der Waals surface area contributed by atoms with Gasteiger partial charge in [0.1, 0.15) is 5.75 Å². The molecule has 0 spiro atoms. The Balaban J connectivity index is 1.78. The van der Waals surface area contributed by atoms with Crippen LogP contribution in [0.2, 0.25) is 0 Å². The first-order valence-electron chi connectivity index (χ1n) is 7.32. The number of unbranched alkanes of at least 4 members (excludes halogenated alkanes) is 2. The van der Waals surface area contributed by atoms with E-state index < -0.39 is 12.1 Å². The summed E-state index contributed by atoms with van der Waals surface area (Å²) in [5, 5.41) is 13.1. The molecule has 0 aliphatic carbocycles. The van der Waals surface area contributed by atoms with Crippen molar-refractivity contribution in [2.45, 2.75) is 25.7 Å². The Morgan fingerprint density at radius 3 is 2.59 bits per heavy atom. The minimum Gasteiger partial charge on any atom is -0.481 e. The maximum absolute atomic E-state index is 11.8. The van der Waals surface area contributed by atoms with Crippen LogP contribution < -0.4 is 10.1 Å². The highest BCUT2D eigenvalue weighted by Crippen LogP contribution is 2.25. The lowest BCUT2D eigenvalue weighted by molar-refractivity contribution is -0.137. The monoisotopic (exact) mass is 301 g/mol. The third-order valence-electron chi connectivity index (χ3n) is 3.29. The van der Waals surface area contributed by atoms with Gasteiger partial charge in [-0.25, -0.2) is 4.79 Å². The van der Waals surface area contributed by atoms with Crippen molar-refractivity contribution in [1.82, 2.24) is 5.32 Å². The topological polar surface area (TPSA) is 75.6 Å². The van der Waals surface area contributed by atoms with Crippen LogP contribution in [-0.2, 0) is 4.79 Å². The highest BCUT2D eigenvalue weighted by atomic mass is 16.6. The van der Waals surface area contributed by atoms with Crippen LogP contribution in [0.15, 0.2) is 42.5 Å². The molecule has 1 amide bonds. The Kier molecular flexibility index (Phi) is 5.77. The number of carboxylic acids is 1. The molecule has 0 fully saturated rings. The van der Waals surface area contributed by atoms with Crippen molar-refractivity contribution in [2.75, 3.05) is 6.54 Å². The van der Waals surface area contributed by atoms with E-state index in [2.05, 4.69) is 5.32 Å². The molecule has 116 valence electrons. The SMILES string of the molecule is O=C(O)CCCCCNC(=O)Oc1cccc2ccccc12. The van der Waals surface area contributed by atoms with Crippen molar-refractivity contribution in [2.24, 2.45) is 0 Å². The molecule has 5 nitrogen and oxygen atoms in total. The highest BCUT2D eigenvalue weighted by Gasteiger charge is 2.07. The van der Waals surface area contributed by atoms with Gasteiger partial charge in [0.25, 0.3) is 0 Å². The molecule has 2 aromatic rings. The number of rotatable bonds is 7. The van der Waals surface area contributed by atoms with Crippen LogP contribution in [0.4, 0.5) is 4.79 Å². The van der Waals surface area contributed by atoms with E-state index in [-0.39, 0.29) is 6.42 Å². The van der Waals surface area contributed by atoms with Crippen molar-refractivity contribution in [1.29, 1.82) is 0 Å². The molecule has 0 aliphatic rings. The van der Waals surface area contributed by atoms with Gasteiger partial charge in [-0.3, -0.25) is 4.79 Å². The first kappa shape index (κ1) is 15.8. The zero-order chi connectivity index (χ0) is 15.8. The number of nitrogens with one attached hydrogen (secondary N) is 1. The van der Waals surface area contributed by atoms with Crippen molar-refractivity contribution < 1.29 is 19.4 Å². The Morgan fingerprint density at radius 1 is 1.00 bits per heavy atom. The van der Waals surface area contributed by atoms with E-state index in [0.717, 1.165) is 23.6 Å². The van der Waals surface area contributed by atoms with Gasteiger partial charge in [0.05, 0.1) is 0 Å². The summed E-state index contributed by atoms with van der Waals surface area (Å²) in [5.41, 5.74) is 0. The van der Waals surface area contributed by atoms with E-state index in [9.17, 15) is 9.59 Å². The van der Waals surface area contributed by atoms with Crippen LogP contribution in [0, 0.1) is 0 Å². The number of carboxylic acid groups (broad SMARTS) is 1. The molecular weight excluding hydrogens is 282 g/mol. The number of carbonyl (C=O) groups excluding carboxylic acids is 1. The highest BCUT2D eigenvalue weighted by molar-refractivity contribution is 5.90. The number of hydrogen-bond acceptors (Lipinski definition) is 3. The van der Waals surface area contributed by atoms with E-state index >= 15 is 0 Å². The maximum atomic E-state index is 11.8. The van der Waals surface area contributed by atoms with Gasteiger partial charge in [0.15, 0.2) is 0 Å². The van der Waals surface area contributed by atoms with Crippen LogP contribution in [-0.4, -0.2) is 23.7 Å². The number of amides is 1. The molecule has 0 bridgehead atoms. The fourth-order valence-corrected chi connectivity index (χ4v) is 2.19. The third-order valence-corrected chi connectivity index (χ3v) is 3.29. The molecule has 0 saturated carbocycles. The number of aliphatic carboxylic acids is 1. The van der Waals surface area contributed by atoms with Crippen molar-refractivity contribution in [3.63, 3.8) is 0 Å². The van der Waals surface area contributed by atoms with Crippen LogP contribution in [0.5, 0.6) is 5.75 Å². The molecule has 0 atom stereocenters. The van der Waals surface area contributed by atoms with Gasteiger partial charge in [-0.1, -0.05) is 42.8 Å². The number of ether oxygens (including phenoxy) is 1. The first-order chi connectivity index (χ1) is 10.7. The normalized spacial score (nSPS) is 10.4. The molecular formula is C17H19NO4. The van der Waals surface area contributed by atoms with E-state index in [1.54, 1.807) is 6.07 Å². The van der Waals surface area contributed by atoms with Gasteiger partial charge >= 0.3 is 12.1 Å². The molecule has 2 rings (SSSR count). The van der Waals surface area contributed by atoms with Gasteiger partial charge < -0.3 is 15.2 Å². The van der Waals surface area contributed by atoms with Crippen LogP contribution >= 0.6 is 0 Å². The summed E-state index contributed by atoms with van der Waals surface area (Å²) in [4.78, 5) is 22.1. The minimum atomic E-state index is -0.789. The zero-order valence-electron chi connectivity index (χ0n) is 12.2. The Labute approximate surface area is 128 Å². The van der Waals surface area contributed by atoms with E-state index in [4.69, 9.17) is 9.84 Å². The summed E-state index contributed by atoms with van der Waals surface area (Å²) >= 11 is 0. The average Bonchev–Trinajstić information content (AvgIpc) is 2.51. The number of carbonyl (C=O) groups is 2. The zero-order valence-corrected chi connectivity index (χ0v) is 12.2. The molecule has 0 aromatic heterocycles. The summed E-state index contributed by atoms with van der Waals surface area (Å²) in [7, 11) is 0. The fraction of sp³-hybridized carbons (Fsp3) is 0.294. The smallest absolute Gasteiger partial charge is 0.412 e. The predicted octanol–water partition coefficient (Wildman–Crippen LogP) is 3.57. The fourth-order valence-electron chi connectivity index (χ4n) is 2.19. The average molecular weight is 301 g/mol. The predicted molar refractivity (Wildman–Crippen MR) is 84.1 cm³/mol. The van der Waals surface area contributed by atoms with E-state index in [1.165, 1.54) is 0 Å². The molecule has 0 saturated heterocycles. The molecule has 0 aliphatic heterocycles. The number of hydrogen-bond donors (Lipinski definition) is 2. The molecule has 5 heteroatoms. The molecule has 2 N–H and O–H groups in total. The second-order valence-corrected chi connectivity index (χ2v) is 5.00. The molecule has 0 radical (unpaired) electrons. The lowest BCUT2D eigenvalue weighted by Gasteiger charge is -2.09. The Bertz CT molecular complexity index is 649. The van der Waals surface area contributed by atoms with Gasteiger partial charge in [0.2, 0.25) is 0 Å². The van der Waals surface area contributed by atoms with Crippen molar-refractivity contribution in [3.8, 4) is 5.75 Å². The number of fused-ring (bicyclic) bond motifs is 1. The Morgan fingerprint density at radius 2 is 1.77 bits per heavy atom. The summed E-state index contributed by atoms with van der Waals surface area (Å²) in [5.74, 6) is -0.259. The second-order valence-electron chi connectivity index (χ2n) is 5.00. The van der Waals surface area contributed by atoms with Gasteiger partial charge in [-0.15, -0.1) is 0 Å². The molecule has 0 unspecified atom stereocenters. The van der Waals surface area contributed by atoms with Gasteiger partial charge in [0, 0.05) is 18.4 Å². The van der Waals surface area contributed by atoms with Crippen LogP contribution in [0.1, 0.15) is 25.7 Å². The second kappa shape index (κ2) is 8.02. The molecule has 2 aromatic carbocycles. The lowest BCUT2D eigenvalue weighted by atomic mass is 10.1.